The van der Waals surface area contributed by atoms with Gasteiger partial charge in [0.15, 0.2) is 0 Å². The van der Waals surface area contributed by atoms with Crippen LogP contribution < -0.4 is 0 Å². The van der Waals surface area contributed by atoms with Crippen LogP contribution in [0.3, 0.4) is 0 Å². The Labute approximate surface area is 153 Å². The molecule has 0 unspecified atom stereocenters. The van der Waals surface area contributed by atoms with Crippen molar-refractivity contribution in [3.8, 4) is 0 Å². The topological polar surface area (TPSA) is 76.2 Å². The fourth-order valence-corrected chi connectivity index (χ4v) is 2.66. The van der Waals surface area contributed by atoms with Gasteiger partial charge in [-0.05, 0) is 23.8 Å². The van der Waals surface area contributed by atoms with Crippen LogP contribution in [-0.4, -0.2) is 74.6 Å². The molecular formula is C19H24N2O5. The average molecular weight is 360 g/mol. The lowest BCUT2D eigenvalue weighted by Gasteiger charge is -2.34. The number of esters is 2. The Morgan fingerprint density at radius 3 is 2.23 bits per heavy atom. The molecule has 26 heavy (non-hydrogen) atoms. The van der Waals surface area contributed by atoms with E-state index in [0.717, 1.165) is 18.7 Å². The zero-order chi connectivity index (χ0) is 18.9. The maximum absolute atomic E-state index is 12.3. The predicted molar refractivity (Wildman–Crippen MR) is 96.5 cm³/mol. The van der Waals surface area contributed by atoms with E-state index >= 15 is 0 Å². The average Bonchev–Trinajstić information content (AvgIpc) is 2.70. The Morgan fingerprint density at radius 2 is 1.65 bits per heavy atom. The third kappa shape index (κ3) is 5.70. The van der Waals surface area contributed by atoms with Crippen molar-refractivity contribution < 1.29 is 23.9 Å². The minimum atomic E-state index is -0.387. The molecule has 1 fully saturated rings. The van der Waals surface area contributed by atoms with Crippen molar-refractivity contribution in [2.45, 2.75) is 6.42 Å². The fraction of sp³-hybridized carbons (Fsp3) is 0.421. The second-order valence-electron chi connectivity index (χ2n) is 5.94. The quantitative estimate of drug-likeness (QED) is 0.560. The lowest BCUT2D eigenvalue weighted by atomic mass is 10.1. The van der Waals surface area contributed by atoms with Crippen LogP contribution in [0.2, 0.25) is 0 Å². The zero-order valence-corrected chi connectivity index (χ0v) is 15.1. The van der Waals surface area contributed by atoms with E-state index in [1.54, 1.807) is 35.2 Å². The normalized spacial score (nSPS) is 15.1. The van der Waals surface area contributed by atoms with Crippen LogP contribution in [0.1, 0.15) is 22.3 Å². The number of benzene rings is 1. The smallest absolute Gasteiger partial charge is 0.337 e. The number of piperazine rings is 1. The molecule has 1 aliphatic heterocycles. The summed E-state index contributed by atoms with van der Waals surface area (Å²) in [7, 11) is 2.72. The molecule has 0 aliphatic carbocycles. The number of hydrogen-bond acceptors (Lipinski definition) is 6. The highest BCUT2D eigenvalue weighted by Crippen LogP contribution is 2.09. The minimum Gasteiger partial charge on any atom is -0.469 e. The molecule has 7 heteroatoms. The molecule has 1 saturated heterocycles. The number of hydrogen-bond donors (Lipinski definition) is 0. The van der Waals surface area contributed by atoms with Crippen molar-refractivity contribution in [3.63, 3.8) is 0 Å². The standard InChI is InChI=1S/C19H24N2O5/c1-25-18(23)9-10-20-11-13-21(14-12-20)17(22)8-5-15-3-6-16(7-4-15)19(24)26-2/h3-8H,9-14H2,1-2H3/b8-5+. The number of nitrogens with zero attached hydrogens (tertiary/aromatic N) is 2. The van der Waals surface area contributed by atoms with Crippen LogP contribution in [0, 0.1) is 0 Å². The maximum atomic E-state index is 12.3. The van der Waals surface area contributed by atoms with Gasteiger partial charge >= 0.3 is 11.9 Å². The molecule has 1 heterocycles. The zero-order valence-electron chi connectivity index (χ0n) is 15.1. The van der Waals surface area contributed by atoms with Crippen molar-refractivity contribution in [3.05, 3.63) is 41.5 Å². The second kappa shape index (κ2) is 9.72. The monoisotopic (exact) mass is 360 g/mol. The molecule has 2 rings (SSSR count). The van der Waals surface area contributed by atoms with Gasteiger partial charge in [-0.25, -0.2) is 4.79 Å². The lowest BCUT2D eigenvalue weighted by Crippen LogP contribution is -2.48. The van der Waals surface area contributed by atoms with Gasteiger partial charge in [0.25, 0.3) is 0 Å². The molecule has 0 radical (unpaired) electrons. The summed E-state index contributed by atoms with van der Waals surface area (Å²) >= 11 is 0. The first-order valence-electron chi connectivity index (χ1n) is 8.48. The number of carbonyl (C=O) groups excluding carboxylic acids is 3. The molecule has 140 valence electrons. The molecule has 0 bridgehead atoms. The Hall–Kier alpha value is -2.67. The molecule has 0 spiro atoms. The third-order valence-corrected chi connectivity index (χ3v) is 4.29. The highest BCUT2D eigenvalue weighted by atomic mass is 16.5. The van der Waals surface area contributed by atoms with E-state index < -0.39 is 0 Å². The van der Waals surface area contributed by atoms with Crippen LogP contribution in [0.25, 0.3) is 6.08 Å². The Balaban J connectivity index is 1.80. The van der Waals surface area contributed by atoms with E-state index in [2.05, 4.69) is 14.4 Å². The second-order valence-corrected chi connectivity index (χ2v) is 5.94. The highest BCUT2D eigenvalue weighted by Gasteiger charge is 2.20. The van der Waals surface area contributed by atoms with Gasteiger partial charge in [-0.2, -0.15) is 0 Å². The molecular weight excluding hydrogens is 336 g/mol. The number of carbonyl (C=O) groups is 3. The summed E-state index contributed by atoms with van der Waals surface area (Å²) in [6.45, 7) is 3.39. The van der Waals surface area contributed by atoms with Crippen LogP contribution in [0.4, 0.5) is 0 Å². The summed E-state index contributed by atoms with van der Waals surface area (Å²) < 4.78 is 9.29. The van der Waals surface area contributed by atoms with Crippen molar-refractivity contribution in [2.75, 3.05) is 46.9 Å². The van der Waals surface area contributed by atoms with E-state index in [9.17, 15) is 14.4 Å². The van der Waals surface area contributed by atoms with E-state index in [1.807, 2.05) is 0 Å². The number of ether oxygens (including phenoxy) is 2. The first kappa shape index (κ1) is 19.7. The van der Waals surface area contributed by atoms with Gasteiger partial charge in [-0.15, -0.1) is 0 Å². The van der Waals surface area contributed by atoms with E-state index in [-0.39, 0.29) is 17.8 Å². The van der Waals surface area contributed by atoms with Gasteiger partial charge in [0.2, 0.25) is 5.91 Å². The predicted octanol–water partition coefficient (Wildman–Crippen LogP) is 1.19. The molecule has 0 atom stereocenters. The summed E-state index contributed by atoms with van der Waals surface area (Å²) in [4.78, 5) is 38.8. The van der Waals surface area contributed by atoms with E-state index in [4.69, 9.17) is 0 Å². The van der Waals surface area contributed by atoms with Crippen molar-refractivity contribution >= 4 is 23.9 Å². The molecule has 1 aliphatic rings. The van der Waals surface area contributed by atoms with Gasteiger partial charge in [-0.3, -0.25) is 14.5 Å². The third-order valence-electron chi connectivity index (χ3n) is 4.29. The molecule has 0 N–H and O–H groups in total. The van der Waals surface area contributed by atoms with Crippen molar-refractivity contribution in [1.82, 2.24) is 9.80 Å². The largest absolute Gasteiger partial charge is 0.469 e. The Kier molecular flexibility index (Phi) is 7.35. The lowest BCUT2D eigenvalue weighted by molar-refractivity contribution is -0.141. The molecule has 1 amide bonds. The number of rotatable bonds is 6. The van der Waals surface area contributed by atoms with E-state index in [1.165, 1.54) is 20.3 Å². The molecule has 1 aromatic rings. The van der Waals surface area contributed by atoms with Gasteiger partial charge in [-0.1, -0.05) is 12.1 Å². The molecule has 0 saturated carbocycles. The van der Waals surface area contributed by atoms with E-state index in [0.29, 0.717) is 31.6 Å². The number of methoxy groups -OCH3 is 2. The van der Waals surface area contributed by atoms with Crippen LogP contribution >= 0.6 is 0 Å². The first-order chi connectivity index (χ1) is 12.5. The summed E-state index contributed by atoms with van der Waals surface area (Å²) in [5.41, 5.74) is 1.31. The summed E-state index contributed by atoms with van der Waals surface area (Å²) in [6.07, 6.45) is 3.64. The van der Waals surface area contributed by atoms with Crippen LogP contribution in [-0.2, 0) is 19.1 Å². The van der Waals surface area contributed by atoms with Gasteiger partial charge < -0.3 is 14.4 Å². The first-order valence-corrected chi connectivity index (χ1v) is 8.48. The molecule has 7 nitrogen and oxygen atoms in total. The maximum Gasteiger partial charge on any atom is 0.337 e. The van der Waals surface area contributed by atoms with Gasteiger partial charge in [0, 0.05) is 38.8 Å². The van der Waals surface area contributed by atoms with Gasteiger partial charge in [0.05, 0.1) is 26.2 Å². The van der Waals surface area contributed by atoms with Crippen LogP contribution in [0.5, 0.6) is 0 Å². The molecule has 0 aromatic heterocycles. The fourth-order valence-electron chi connectivity index (χ4n) is 2.66. The number of amides is 1. The highest BCUT2D eigenvalue weighted by molar-refractivity contribution is 5.92. The SMILES string of the molecule is COC(=O)CCN1CCN(C(=O)/C=C/c2ccc(C(=O)OC)cc2)CC1. The molecule has 1 aromatic carbocycles. The Morgan fingerprint density at radius 1 is 1.00 bits per heavy atom. The van der Waals surface area contributed by atoms with Crippen molar-refractivity contribution in [2.24, 2.45) is 0 Å². The van der Waals surface area contributed by atoms with Crippen LogP contribution in [0.15, 0.2) is 30.3 Å². The minimum absolute atomic E-state index is 0.0466. The Bertz CT molecular complexity index is 661. The summed E-state index contributed by atoms with van der Waals surface area (Å²) in [6, 6.07) is 6.85. The van der Waals surface area contributed by atoms with Crippen molar-refractivity contribution in [1.29, 1.82) is 0 Å². The summed E-state index contributed by atoms with van der Waals surface area (Å²) in [5.74, 6) is -0.652. The summed E-state index contributed by atoms with van der Waals surface area (Å²) in [5, 5.41) is 0. The van der Waals surface area contributed by atoms with Gasteiger partial charge in [0.1, 0.15) is 0 Å².